The molecule has 0 aliphatic heterocycles. The van der Waals surface area contributed by atoms with Crippen LogP contribution in [0, 0.1) is 16.6 Å². The Kier molecular flexibility index (Phi) is 5.91. The van der Waals surface area contributed by atoms with E-state index in [9.17, 15) is 9.59 Å². The Morgan fingerprint density at radius 1 is 1.30 bits per heavy atom. The van der Waals surface area contributed by atoms with Gasteiger partial charge >= 0.3 is 5.97 Å². The van der Waals surface area contributed by atoms with Crippen molar-refractivity contribution < 1.29 is 14.7 Å². The first kappa shape index (κ1) is 16.7. The number of carboxylic acid groups (broad SMARTS) is 1. The summed E-state index contributed by atoms with van der Waals surface area (Å²) in [5.41, 5.74) is 0.623. The molecule has 0 saturated heterocycles. The molecule has 1 aliphatic rings. The third-order valence-corrected chi connectivity index (χ3v) is 6.81. The van der Waals surface area contributed by atoms with E-state index in [0.29, 0.717) is 11.5 Å². The molecule has 2 rings (SSSR count). The van der Waals surface area contributed by atoms with Crippen molar-refractivity contribution in [2.45, 2.75) is 25.3 Å². The highest BCUT2D eigenvalue weighted by atomic mass is 127. The number of carbonyl (C=O) groups is 2. The predicted octanol–water partition coefficient (Wildman–Crippen LogP) is 3.48. The highest BCUT2D eigenvalue weighted by Gasteiger charge is 2.34. The number of benzene rings is 1. The summed E-state index contributed by atoms with van der Waals surface area (Å²) in [6, 6.07) is 3.59. The van der Waals surface area contributed by atoms with Crippen LogP contribution in [0.3, 0.4) is 0 Å². The molecule has 1 fully saturated rings. The average Bonchev–Trinajstić information content (AvgIpc) is 3.16. The maximum Gasteiger partial charge on any atom is 0.305 e. The number of nitrogens with one attached hydrogen (secondary N) is 1. The molecule has 0 radical (unpaired) electrons. The Morgan fingerprint density at radius 2 is 1.95 bits per heavy atom. The van der Waals surface area contributed by atoms with Gasteiger partial charge in [-0.2, -0.15) is 0 Å². The summed E-state index contributed by atoms with van der Waals surface area (Å²) in [6.45, 7) is 0. The molecule has 0 bridgehead atoms. The first-order chi connectivity index (χ1) is 9.38. The van der Waals surface area contributed by atoms with Crippen molar-refractivity contribution in [3.63, 3.8) is 0 Å². The number of rotatable bonds is 5. The molecule has 0 spiro atoms. The summed E-state index contributed by atoms with van der Waals surface area (Å²) < 4.78 is 2.94. The number of carbonyl (C=O) groups excluding carboxylic acids is 1. The van der Waals surface area contributed by atoms with Gasteiger partial charge in [-0.25, -0.2) is 0 Å². The number of carboxylic acids is 1. The molecule has 1 aromatic rings. The Hall–Kier alpha value is 0.350. The third-order valence-electron chi connectivity index (χ3n) is 3.14. The van der Waals surface area contributed by atoms with Gasteiger partial charge in [-0.3, -0.25) is 9.59 Å². The number of aliphatic carboxylic acids is 1. The van der Waals surface area contributed by atoms with Gasteiger partial charge in [0.15, 0.2) is 0 Å². The lowest BCUT2D eigenvalue weighted by Crippen LogP contribution is -2.38. The van der Waals surface area contributed by atoms with Crippen molar-refractivity contribution in [3.05, 3.63) is 28.4 Å². The second-order valence-corrected chi connectivity index (χ2v) is 8.25. The molecule has 1 amide bonds. The van der Waals surface area contributed by atoms with Crippen LogP contribution in [-0.2, 0) is 4.79 Å². The number of amides is 1. The van der Waals surface area contributed by atoms with Crippen molar-refractivity contribution in [1.29, 1.82) is 0 Å². The molecule has 7 heteroatoms. The fraction of sp³-hybridized carbons (Fsp3) is 0.385. The van der Waals surface area contributed by atoms with Gasteiger partial charge in [0.2, 0.25) is 0 Å². The molecule has 1 saturated carbocycles. The summed E-state index contributed by atoms with van der Waals surface area (Å²) in [4.78, 5) is 23.3. The van der Waals surface area contributed by atoms with Crippen molar-refractivity contribution in [2.24, 2.45) is 5.92 Å². The topological polar surface area (TPSA) is 66.4 Å². The first-order valence-corrected chi connectivity index (χ1v) is 9.29. The van der Waals surface area contributed by atoms with Gasteiger partial charge < -0.3 is 10.4 Å². The Morgan fingerprint density at radius 3 is 2.50 bits per heavy atom. The van der Waals surface area contributed by atoms with Gasteiger partial charge in [-0.05, 0) is 98.7 Å². The zero-order chi connectivity index (χ0) is 14.9. The molecule has 2 N–H and O–H groups in total. The van der Waals surface area contributed by atoms with E-state index >= 15 is 0 Å². The number of hydrogen-bond acceptors (Lipinski definition) is 2. The van der Waals surface area contributed by atoms with Crippen LogP contribution >= 0.6 is 67.8 Å². The maximum atomic E-state index is 12.4. The highest BCUT2D eigenvalue weighted by molar-refractivity contribution is 14.1. The summed E-state index contributed by atoms with van der Waals surface area (Å²) in [6.07, 6.45) is 1.99. The van der Waals surface area contributed by atoms with Crippen molar-refractivity contribution >= 4 is 79.6 Å². The second kappa shape index (κ2) is 7.07. The lowest BCUT2D eigenvalue weighted by Gasteiger charge is -2.17. The van der Waals surface area contributed by atoms with E-state index in [2.05, 4.69) is 73.1 Å². The minimum absolute atomic E-state index is 0.00595. The van der Waals surface area contributed by atoms with Crippen LogP contribution in [0.4, 0.5) is 0 Å². The molecule has 1 aliphatic carbocycles. The van der Waals surface area contributed by atoms with Crippen LogP contribution in [0.5, 0.6) is 0 Å². The van der Waals surface area contributed by atoms with Crippen LogP contribution in [0.1, 0.15) is 29.6 Å². The van der Waals surface area contributed by atoms with E-state index in [1.165, 1.54) is 0 Å². The van der Waals surface area contributed by atoms with Crippen LogP contribution in [0.25, 0.3) is 0 Å². The maximum absolute atomic E-state index is 12.4. The fourth-order valence-corrected chi connectivity index (χ4v) is 4.39. The standard InChI is InChI=1S/C13H12I3NO3/c14-7-3-8(12(16)9(15)4-7)13(20)17-10(5-11(18)19)6-1-2-6/h3-4,6,10H,1-2,5H2,(H,17,20)(H,18,19). The van der Waals surface area contributed by atoms with Gasteiger partial charge in [-0.15, -0.1) is 0 Å². The summed E-state index contributed by atoms with van der Waals surface area (Å²) >= 11 is 6.53. The van der Waals surface area contributed by atoms with E-state index in [1.807, 2.05) is 12.1 Å². The smallest absolute Gasteiger partial charge is 0.305 e. The second-order valence-electron chi connectivity index (χ2n) is 4.76. The van der Waals surface area contributed by atoms with E-state index in [4.69, 9.17) is 5.11 Å². The van der Waals surface area contributed by atoms with Crippen molar-refractivity contribution in [1.82, 2.24) is 5.32 Å². The normalized spacial score (nSPS) is 15.8. The molecule has 20 heavy (non-hydrogen) atoms. The average molecular weight is 611 g/mol. The van der Waals surface area contributed by atoms with E-state index in [-0.39, 0.29) is 18.4 Å². The summed E-state index contributed by atoms with van der Waals surface area (Å²) in [5, 5.41) is 11.8. The minimum atomic E-state index is -0.867. The monoisotopic (exact) mass is 611 g/mol. The molecule has 1 aromatic carbocycles. The lowest BCUT2D eigenvalue weighted by molar-refractivity contribution is -0.137. The zero-order valence-electron chi connectivity index (χ0n) is 10.3. The van der Waals surface area contributed by atoms with E-state index in [0.717, 1.165) is 23.6 Å². The molecule has 108 valence electrons. The van der Waals surface area contributed by atoms with Crippen LogP contribution in [0.15, 0.2) is 12.1 Å². The molecule has 1 atom stereocenters. The number of halogens is 3. The first-order valence-electron chi connectivity index (χ1n) is 6.05. The Balaban J connectivity index is 2.16. The predicted molar refractivity (Wildman–Crippen MR) is 101 cm³/mol. The van der Waals surface area contributed by atoms with Crippen LogP contribution < -0.4 is 5.32 Å². The largest absolute Gasteiger partial charge is 0.481 e. The molecular weight excluding hydrogens is 599 g/mol. The molecule has 4 nitrogen and oxygen atoms in total. The van der Waals surface area contributed by atoms with E-state index < -0.39 is 5.97 Å². The fourth-order valence-electron chi connectivity index (χ4n) is 1.99. The summed E-state index contributed by atoms with van der Waals surface area (Å²) in [5.74, 6) is -0.729. The van der Waals surface area contributed by atoms with Gasteiger partial charge in [0.25, 0.3) is 5.91 Å². The highest BCUT2D eigenvalue weighted by Crippen LogP contribution is 2.34. The minimum Gasteiger partial charge on any atom is -0.481 e. The lowest BCUT2D eigenvalue weighted by atomic mass is 10.1. The molecule has 0 aromatic heterocycles. The number of hydrogen-bond donors (Lipinski definition) is 2. The van der Waals surface area contributed by atoms with Crippen LogP contribution in [-0.4, -0.2) is 23.0 Å². The third kappa shape index (κ3) is 4.42. The molecule has 0 heterocycles. The molecule has 1 unspecified atom stereocenters. The summed E-state index contributed by atoms with van der Waals surface area (Å²) in [7, 11) is 0. The molecular formula is C13H12I3NO3. The zero-order valence-corrected chi connectivity index (χ0v) is 16.8. The van der Waals surface area contributed by atoms with Gasteiger partial charge in [0.1, 0.15) is 0 Å². The van der Waals surface area contributed by atoms with Gasteiger partial charge in [0.05, 0.1) is 12.0 Å². The van der Waals surface area contributed by atoms with Crippen molar-refractivity contribution in [2.75, 3.05) is 0 Å². The van der Waals surface area contributed by atoms with Crippen molar-refractivity contribution in [3.8, 4) is 0 Å². The van der Waals surface area contributed by atoms with Gasteiger partial charge in [0, 0.05) is 16.8 Å². The Labute approximate surface area is 157 Å². The van der Waals surface area contributed by atoms with Crippen LogP contribution in [0.2, 0.25) is 0 Å². The quantitative estimate of drug-likeness (QED) is 0.397. The van der Waals surface area contributed by atoms with Gasteiger partial charge in [-0.1, -0.05) is 0 Å². The SMILES string of the molecule is O=C(O)CC(NC(=O)c1cc(I)cc(I)c1I)C1CC1. The Bertz CT molecular complexity index is 558. The van der Waals surface area contributed by atoms with E-state index in [1.54, 1.807) is 0 Å².